The van der Waals surface area contributed by atoms with E-state index in [2.05, 4.69) is 5.16 Å². The van der Waals surface area contributed by atoms with Crippen molar-refractivity contribution in [3.63, 3.8) is 0 Å². The van der Waals surface area contributed by atoms with Crippen LogP contribution in [-0.4, -0.2) is 10.3 Å². The Balaban J connectivity index is 2.09. The minimum Gasteiger partial charge on any atom is -0.488 e. The van der Waals surface area contributed by atoms with E-state index in [9.17, 15) is 5.11 Å². The summed E-state index contributed by atoms with van der Waals surface area (Å²) in [5.74, 6) is 0.679. The molecule has 0 aliphatic heterocycles. The third-order valence-electron chi connectivity index (χ3n) is 2.25. The molecule has 4 nitrogen and oxygen atoms in total. The van der Waals surface area contributed by atoms with Gasteiger partial charge in [0.2, 0.25) is 0 Å². The average Bonchev–Trinajstić information content (AvgIpc) is 2.79. The number of hydrogen-bond donors (Lipinski definition) is 1. The van der Waals surface area contributed by atoms with Crippen LogP contribution in [0.25, 0.3) is 0 Å². The summed E-state index contributed by atoms with van der Waals surface area (Å²) < 4.78 is 10.3. The molecule has 1 unspecified atom stereocenters. The van der Waals surface area contributed by atoms with E-state index in [1.807, 2.05) is 24.3 Å². The lowest BCUT2D eigenvalue weighted by Crippen LogP contribution is -1.99. The highest BCUT2D eigenvalue weighted by atomic mass is 16.5. The number of nitrogens with zero attached hydrogens (tertiary/aromatic N) is 1. The fraction of sp³-hybridized carbons (Fsp3) is 0.250. The number of benzene rings is 1. The average molecular weight is 219 g/mol. The largest absolute Gasteiger partial charge is 0.488 e. The van der Waals surface area contributed by atoms with E-state index in [0.717, 1.165) is 11.1 Å². The zero-order valence-corrected chi connectivity index (χ0v) is 8.96. The maximum absolute atomic E-state index is 9.55. The highest BCUT2D eigenvalue weighted by molar-refractivity contribution is 5.34. The number of hydrogen-bond acceptors (Lipinski definition) is 4. The normalized spacial score (nSPS) is 12.4. The molecule has 0 radical (unpaired) electrons. The van der Waals surface area contributed by atoms with Gasteiger partial charge >= 0.3 is 0 Å². The molecular formula is C12H13NO3. The van der Waals surface area contributed by atoms with Crippen molar-refractivity contribution in [3.8, 4) is 5.75 Å². The number of aliphatic hydroxyl groups is 1. The molecule has 1 aromatic heterocycles. The molecule has 1 N–H and O–H groups in total. The van der Waals surface area contributed by atoms with Gasteiger partial charge in [-0.15, -0.1) is 0 Å². The summed E-state index contributed by atoms with van der Waals surface area (Å²) in [6.45, 7) is 2.09. The summed E-state index contributed by atoms with van der Waals surface area (Å²) >= 11 is 0. The smallest absolute Gasteiger partial charge is 0.130 e. The molecule has 0 fully saturated rings. The van der Waals surface area contributed by atoms with Crippen molar-refractivity contribution >= 4 is 0 Å². The van der Waals surface area contributed by atoms with Gasteiger partial charge in [0.1, 0.15) is 18.6 Å². The Hall–Kier alpha value is -1.81. The second kappa shape index (κ2) is 4.81. The van der Waals surface area contributed by atoms with Crippen molar-refractivity contribution in [2.24, 2.45) is 0 Å². The van der Waals surface area contributed by atoms with E-state index in [1.165, 1.54) is 6.26 Å². The maximum Gasteiger partial charge on any atom is 0.130 e. The predicted molar refractivity (Wildman–Crippen MR) is 57.9 cm³/mol. The Morgan fingerprint density at radius 2 is 2.25 bits per heavy atom. The standard InChI is InChI=1S/C12H13NO3/c1-9(14)11-4-2-3-5-12(11)15-7-10-6-13-16-8-10/h2-6,8-9,14H,7H2,1H3. The molecule has 1 heterocycles. The molecule has 0 bridgehead atoms. The summed E-state index contributed by atoms with van der Waals surface area (Å²) in [7, 11) is 0. The molecule has 0 saturated carbocycles. The molecule has 4 heteroatoms. The van der Waals surface area contributed by atoms with Crippen LogP contribution < -0.4 is 4.74 Å². The van der Waals surface area contributed by atoms with E-state index in [4.69, 9.17) is 9.26 Å². The van der Waals surface area contributed by atoms with E-state index in [0.29, 0.717) is 12.4 Å². The molecule has 0 spiro atoms. The van der Waals surface area contributed by atoms with Crippen molar-refractivity contribution in [3.05, 3.63) is 47.9 Å². The van der Waals surface area contributed by atoms with Gasteiger partial charge in [-0.1, -0.05) is 23.4 Å². The van der Waals surface area contributed by atoms with Gasteiger partial charge in [0, 0.05) is 11.1 Å². The molecule has 84 valence electrons. The first kappa shape index (κ1) is 10.7. The van der Waals surface area contributed by atoms with Crippen LogP contribution in [0.15, 0.2) is 41.2 Å². The Morgan fingerprint density at radius 1 is 1.44 bits per heavy atom. The lowest BCUT2D eigenvalue weighted by molar-refractivity contribution is 0.190. The van der Waals surface area contributed by atoms with Gasteiger partial charge in [-0.05, 0) is 13.0 Å². The van der Waals surface area contributed by atoms with Crippen molar-refractivity contribution < 1.29 is 14.4 Å². The van der Waals surface area contributed by atoms with E-state index >= 15 is 0 Å². The van der Waals surface area contributed by atoms with Gasteiger partial charge in [-0.2, -0.15) is 0 Å². The first-order valence-corrected chi connectivity index (χ1v) is 5.05. The van der Waals surface area contributed by atoms with Crippen molar-refractivity contribution in [1.29, 1.82) is 0 Å². The van der Waals surface area contributed by atoms with E-state index in [1.54, 1.807) is 13.1 Å². The van der Waals surface area contributed by atoms with Crippen molar-refractivity contribution in [1.82, 2.24) is 5.16 Å². The fourth-order valence-corrected chi connectivity index (χ4v) is 1.42. The number of aromatic nitrogens is 1. The number of rotatable bonds is 4. The van der Waals surface area contributed by atoms with Crippen molar-refractivity contribution in [2.45, 2.75) is 19.6 Å². The Labute approximate surface area is 93.5 Å². The zero-order chi connectivity index (χ0) is 11.4. The van der Waals surface area contributed by atoms with Crippen LogP contribution in [0.4, 0.5) is 0 Å². The molecule has 0 saturated heterocycles. The molecule has 1 aromatic carbocycles. The molecule has 16 heavy (non-hydrogen) atoms. The minimum absolute atomic E-state index is 0.382. The first-order chi connectivity index (χ1) is 7.77. The van der Waals surface area contributed by atoms with Crippen LogP contribution in [0.5, 0.6) is 5.75 Å². The SMILES string of the molecule is CC(O)c1ccccc1OCc1cnoc1. The lowest BCUT2D eigenvalue weighted by atomic mass is 10.1. The second-order valence-electron chi connectivity index (χ2n) is 3.54. The highest BCUT2D eigenvalue weighted by Gasteiger charge is 2.08. The van der Waals surface area contributed by atoms with E-state index in [-0.39, 0.29) is 0 Å². The number of ether oxygens (including phenoxy) is 1. The molecule has 2 aromatic rings. The van der Waals surface area contributed by atoms with Gasteiger partial charge in [0.05, 0.1) is 12.3 Å². The van der Waals surface area contributed by atoms with Gasteiger partial charge in [-0.3, -0.25) is 0 Å². The Morgan fingerprint density at radius 3 is 2.94 bits per heavy atom. The summed E-state index contributed by atoms with van der Waals surface area (Å²) in [4.78, 5) is 0. The van der Waals surface area contributed by atoms with Crippen LogP contribution in [-0.2, 0) is 6.61 Å². The molecule has 1 atom stereocenters. The maximum atomic E-state index is 9.55. The molecular weight excluding hydrogens is 206 g/mol. The summed E-state index contributed by atoms with van der Waals surface area (Å²) in [5, 5.41) is 13.1. The van der Waals surface area contributed by atoms with E-state index < -0.39 is 6.10 Å². The van der Waals surface area contributed by atoms with Crippen LogP contribution in [0, 0.1) is 0 Å². The van der Waals surface area contributed by atoms with Crippen LogP contribution >= 0.6 is 0 Å². The number of aliphatic hydroxyl groups excluding tert-OH is 1. The van der Waals surface area contributed by atoms with Gasteiger partial charge in [0.15, 0.2) is 0 Å². The zero-order valence-electron chi connectivity index (χ0n) is 8.96. The van der Waals surface area contributed by atoms with Gasteiger partial charge in [-0.25, -0.2) is 0 Å². The van der Waals surface area contributed by atoms with Crippen LogP contribution in [0.3, 0.4) is 0 Å². The van der Waals surface area contributed by atoms with Crippen LogP contribution in [0.2, 0.25) is 0 Å². The Bertz CT molecular complexity index is 437. The summed E-state index contributed by atoms with van der Waals surface area (Å²) in [6, 6.07) is 7.41. The van der Waals surface area contributed by atoms with Crippen molar-refractivity contribution in [2.75, 3.05) is 0 Å². The highest BCUT2D eigenvalue weighted by Crippen LogP contribution is 2.25. The third-order valence-corrected chi connectivity index (χ3v) is 2.25. The number of para-hydroxylation sites is 1. The van der Waals surface area contributed by atoms with Gasteiger partial charge in [0.25, 0.3) is 0 Å². The molecule has 0 amide bonds. The Kier molecular flexibility index (Phi) is 3.22. The molecule has 2 rings (SSSR count). The second-order valence-corrected chi connectivity index (χ2v) is 3.54. The molecule has 0 aliphatic carbocycles. The summed E-state index contributed by atoms with van der Waals surface area (Å²) in [6.07, 6.45) is 2.59. The lowest BCUT2D eigenvalue weighted by Gasteiger charge is -2.12. The van der Waals surface area contributed by atoms with Gasteiger partial charge < -0.3 is 14.4 Å². The van der Waals surface area contributed by atoms with Crippen LogP contribution in [0.1, 0.15) is 24.2 Å². The minimum atomic E-state index is -0.543. The topological polar surface area (TPSA) is 55.5 Å². The summed E-state index contributed by atoms with van der Waals surface area (Å²) in [5.41, 5.74) is 1.64. The first-order valence-electron chi connectivity index (χ1n) is 5.05. The quantitative estimate of drug-likeness (QED) is 0.857. The monoisotopic (exact) mass is 219 g/mol. The predicted octanol–water partition coefficient (Wildman–Crippen LogP) is 2.31. The fourth-order valence-electron chi connectivity index (χ4n) is 1.42. The molecule has 0 aliphatic rings. The third kappa shape index (κ3) is 2.41.